The van der Waals surface area contributed by atoms with Crippen LogP contribution >= 0.6 is 11.6 Å². The molecule has 1 aliphatic carbocycles. The molecule has 0 spiro atoms. The van der Waals surface area contributed by atoms with Crippen LogP contribution in [0, 0.1) is 13.8 Å². The highest BCUT2D eigenvalue weighted by Crippen LogP contribution is 2.29. The predicted molar refractivity (Wildman–Crippen MR) is 105 cm³/mol. The number of nitrogens with zero attached hydrogens (tertiary/aromatic N) is 1. The molecule has 1 saturated carbocycles. The lowest BCUT2D eigenvalue weighted by Crippen LogP contribution is -2.38. The molecule has 2 aromatic rings. The van der Waals surface area contributed by atoms with Gasteiger partial charge < -0.3 is 14.6 Å². The molecule has 144 valence electrons. The summed E-state index contributed by atoms with van der Waals surface area (Å²) in [5.74, 6) is -0.392. The van der Waals surface area contributed by atoms with E-state index in [4.69, 9.17) is 16.3 Å². The van der Waals surface area contributed by atoms with E-state index in [0.29, 0.717) is 22.8 Å². The number of amides is 1. The van der Waals surface area contributed by atoms with E-state index in [2.05, 4.69) is 4.98 Å². The van der Waals surface area contributed by atoms with E-state index in [1.54, 1.807) is 24.3 Å². The van der Waals surface area contributed by atoms with Crippen LogP contribution in [0.4, 0.5) is 0 Å². The zero-order valence-corrected chi connectivity index (χ0v) is 16.7. The lowest BCUT2D eigenvalue weighted by atomic mass is 10.1. The third-order valence-electron chi connectivity index (χ3n) is 5.43. The van der Waals surface area contributed by atoms with Crippen molar-refractivity contribution < 1.29 is 14.3 Å². The molecule has 1 N–H and O–H groups in total. The molecule has 0 bridgehead atoms. The summed E-state index contributed by atoms with van der Waals surface area (Å²) < 4.78 is 4.85. The van der Waals surface area contributed by atoms with Gasteiger partial charge in [0.1, 0.15) is 5.69 Å². The maximum atomic E-state index is 13.2. The number of halogens is 1. The molecule has 1 fully saturated rings. The van der Waals surface area contributed by atoms with Crippen LogP contribution in [-0.2, 0) is 11.3 Å². The number of methoxy groups -OCH3 is 1. The zero-order valence-electron chi connectivity index (χ0n) is 16.0. The van der Waals surface area contributed by atoms with E-state index in [-0.39, 0.29) is 11.9 Å². The van der Waals surface area contributed by atoms with Crippen LogP contribution in [0.5, 0.6) is 0 Å². The van der Waals surface area contributed by atoms with E-state index < -0.39 is 5.97 Å². The van der Waals surface area contributed by atoms with E-state index in [1.165, 1.54) is 7.11 Å². The fraction of sp³-hybridized carbons (Fsp3) is 0.429. The first kappa shape index (κ1) is 19.5. The minimum absolute atomic E-state index is 0.00168. The molecule has 6 heteroatoms. The summed E-state index contributed by atoms with van der Waals surface area (Å²) in [5, 5.41) is 0.610. The smallest absolute Gasteiger partial charge is 0.354 e. The largest absolute Gasteiger partial charge is 0.464 e. The first-order valence-electron chi connectivity index (χ1n) is 9.25. The second-order valence-corrected chi connectivity index (χ2v) is 7.53. The Balaban J connectivity index is 1.93. The minimum atomic E-state index is -0.390. The van der Waals surface area contributed by atoms with Crippen LogP contribution in [0.25, 0.3) is 0 Å². The third-order valence-corrected chi connectivity index (χ3v) is 5.68. The van der Waals surface area contributed by atoms with Gasteiger partial charge in [-0.3, -0.25) is 4.79 Å². The molecule has 5 nitrogen and oxygen atoms in total. The molecule has 1 heterocycles. The number of H-pyrrole nitrogens is 1. The van der Waals surface area contributed by atoms with Gasteiger partial charge in [-0.05, 0) is 62.1 Å². The Morgan fingerprint density at radius 1 is 1.19 bits per heavy atom. The summed E-state index contributed by atoms with van der Waals surface area (Å²) in [4.78, 5) is 30.3. The van der Waals surface area contributed by atoms with E-state index in [0.717, 1.165) is 42.5 Å². The summed E-state index contributed by atoms with van der Waals surface area (Å²) in [6.07, 6.45) is 4.28. The number of hydrogen-bond donors (Lipinski definition) is 1. The molecule has 1 aliphatic rings. The van der Waals surface area contributed by atoms with Gasteiger partial charge in [0.05, 0.1) is 7.11 Å². The van der Waals surface area contributed by atoms with Crippen LogP contribution < -0.4 is 0 Å². The van der Waals surface area contributed by atoms with E-state index >= 15 is 0 Å². The van der Waals surface area contributed by atoms with Gasteiger partial charge in [0, 0.05) is 28.9 Å². The molecule has 1 aromatic heterocycles. The van der Waals surface area contributed by atoms with Crippen LogP contribution in [0.3, 0.4) is 0 Å². The summed E-state index contributed by atoms with van der Waals surface area (Å²) >= 11 is 5.97. The minimum Gasteiger partial charge on any atom is -0.464 e. The number of aromatic amines is 1. The average Bonchev–Trinajstić information content (AvgIpc) is 3.28. The molecule has 0 radical (unpaired) electrons. The van der Waals surface area contributed by atoms with Crippen LogP contribution in [0.1, 0.15) is 63.4 Å². The monoisotopic (exact) mass is 388 g/mol. The number of aryl methyl sites for hydroxylation is 1. The number of rotatable bonds is 5. The van der Waals surface area contributed by atoms with Crippen molar-refractivity contribution in [1.29, 1.82) is 0 Å². The molecular formula is C21H25ClN2O3. The fourth-order valence-corrected chi connectivity index (χ4v) is 3.97. The number of ether oxygens (including phenoxy) is 1. The summed E-state index contributed by atoms with van der Waals surface area (Å²) in [6, 6.07) is 7.23. The molecule has 0 saturated heterocycles. The number of hydrogen-bond acceptors (Lipinski definition) is 3. The SMILES string of the molecule is COC(=O)c1[nH]c(C)c(CN(C(=O)c2ccc(Cl)cc2)C2CCCC2)c1C. The number of carbonyl (C=O) groups is 2. The van der Waals surface area contributed by atoms with Gasteiger partial charge in [-0.2, -0.15) is 0 Å². The van der Waals surface area contributed by atoms with Crippen molar-refractivity contribution >= 4 is 23.5 Å². The highest BCUT2D eigenvalue weighted by Gasteiger charge is 2.29. The van der Waals surface area contributed by atoms with Crippen molar-refractivity contribution in [2.24, 2.45) is 0 Å². The standard InChI is InChI=1S/C21H25ClN2O3/c1-13-18(14(2)23-19(13)21(26)27-3)12-24(17-6-4-5-7-17)20(25)15-8-10-16(22)11-9-15/h8-11,17,23H,4-7,12H2,1-3H3. The number of nitrogens with one attached hydrogen (secondary N) is 1. The van der Waals surface area contributed by atoms with Gasteiger partial charge in [-0.15, -0.1) is 0 Å². The molecule has 0 unspecified atom stereocenters. The Bertz CT molecular complexity index is 836. The molecule has 3 rings (SSSR count). The fourth-order valence-electron chi connectivity index (χ4n) is 3.84. The normalized spacial score (nSPS) is 14.4. The zero-order chi connectivity index (χ0) is 19.6. The molecule has 0 aliphatic heterocycles. The molecule has 1 amide bonds. The number of benzene rings is 1. The van der Waals surface area contributed by atoms with Crippen LogP contribution in [-0.4, -0.2) is 34.9 Å². The van der Waals surface area contributed by atoms with Gasteiger partial charge in [0.2, 0.25) is 0 Å². The first-order valence-corrected chi connectivity index (χ1v) is 9.63. The Morgan fingerprint density at radius 2 is 1.81 bits per heavy atom. The highest BCUT2D eigenvalue weighted by atomic mass is 35.5. The molecule has 1 aromatic carbocycles. The molecule has 0 atom stereocenters. The quantitative estimate of drug-likeness (QED) is 0.758. The summed E-state index contributed by atoms with van der Waals surface area (Å²) in [7, 11) is 1.37. The van der Waals surface area contributed by atoms with Crippen molar-refractivity contribution in [2.45, 2.75) is 52.1 Å². The summed E-state index contributed by atoms with van der Waals surface area (Å²) in [5.41, 5.74) is 3.79. The maximum Gasteiger partial charge on any atom is 0.354 e. The lowest BCUT2D eigenvalue weighted by molar-refractivity contribution is 0.0593. The van der Waals surface area contributed by atoms with Crippen molar-refractivity contribution in [3.8, 4) is 0 Å². The van der Waals surface area contributed by atoms with Crippen molar-refractivity contribution in [3.05, 3.63) is 57.4 Å². The topological polar surface area (TPSA) is 62.4 Å². The van der Waals surface area contributed by atoms with Gasteiger partial charge in [-0.1, -0.05) is 24.4 Å². The van der Waals surface area contributed by atoms with Gasteiger partial charge in [0.15, 0.2) is 0 Å². The van der Waals surface area contributed by atoms with Crippen molar-refractivity contribution in [2.75, 3.05) is 7.11 Å². The average molecular weight is 389 g/mol. The Kier molecular flexibility index (Phi) is 5.90. The number of aromatic nitrogens is 1. The van der Waals surface area contributed by atoms with E-state index in [1.807, 2.05) is 18.7 Å². The third kappa shape index (κ3) is 4.03. The van der Waals surface area contributed by atoms with Crippen molar-refractivity contribution in [1.82, 2.24) is 9.88 Å². The van der Waals surface area contributed by atoms with Gasteiger partial charge in [-0.25, -0.2) is 4.79 Å². The lowest BCUT2D eigenvalue weighted by Gasteiger charge is -2.29. The number of carbonyl (C=O) groups excluding carboxylic acids is 2. The maximum absolute atomic E-state index is 13.2. The number of esters is 1. The van der Waals surface area contributed by atoms with Gasteiger partial charge >= 0.3 is 5.97 Å². The first-order chi connectivity index (χ1) is 12.9. The Hall–Kier alpha value is -2.27. The Morgan fingerprint density at radius 3 is 2.41 bits per heavy atom. The van der Waals surface area contributed by atoms with Crippen LogP contribution in [0.2, 0.25) is 5.02 Å². The van der Waals surface area contributed by atoms with E-state index in [9.17, 15) is 9.59 Å². The summed E-state index contributed by atoms with van der Waals surface area (Å²) in [6.45, 7) is 4.29. The molecule has 27 heavy (non-hydrogen) atoms. The highest BCUT2D eigenvalue weighted by molar-refractivity contribution is 6.30. The Labute approximate surface area is 164 Å². The predicted octanol–water partition coefficient (Wildman–Crippen LogP) is 4.66. The second kappa shape index (κ2) is 8.17. The second-order valence-electron chi connectivity index (χ2n) is 7.10. The molecular weight excluding hydrogens is 364 g/mol. The van der Waals surface area contributed by atoms with Crippen molar-refractivity contribution in [3.63, 3.8) is 0 Å². The van der Waals surface area contributed by atoms with Gasteiger partial charge in [0.25, 0.3) is 5.91 Å². The van der Waals surface area contributed by atoms with Crippen LogP contribution in [0.15, 0.2) is 24.3 Å².